The van der Waals surface area contributed by atoms with Gasteiger partial charge < -0.3 is 20.4 Å². The van der Waals surface area contributed by atoms with Crippen LogP contribution in [0.1, 0.15) is 0 Å². The number of fused-ring (bicyclic) bond motifs is 1. The number of nitrogens with zero attached hydrogens (tertiary/aromatic N) is 3. The lowest BCUT2D eigenvalue weighted by atomic mass is 10.1. The van der Waals surface area contributed by atoms with Crippen LogP contribution in [0.3, 0.4) is 0 Å². The van der Waals surface area contributed by atoms with E-state index >= 15 is 0 Å². The molecule has 1 aromatic heterocycles. The van der Waals surface area contributed by atoms with Crippen LogP contribution in [0.2, 0.25) is 0 Å². The molecule has 25 heavy (non-hydrogen) atoms. The highest BCUT2D eigenvalue weighted by atomic mass is 16.2. The number of hydrogen-bond acceptors (Lipinski definition) is 3. The molecule has 0 saturated carbocycles. The first kappa shape index (κ1) is 15.4. The summed E-state index contributed by atoms with van der Waals surface area (Å²) >= 11 is 0. The maximum Gasteiger partial charge on any atom is 0.322 e. The predicted octanol–water partition coefficient (Wildman–Crippen LogP) is 1.99. The highest BCUT2D eigenvalue weighted by Gasteiger charge is 2.36. The molecule has 2 saturated heterocycles. The fourth-order valence-electron chi connectivity index (χ4n) is 3.31. The molecule has 1 aromatic carbocycles. The second-order valence-electron chi connectivity index (χ2n) is 6.18. The Balaban J connectivity index is 1.50. The number of nitrogens with one attached hydrogen (secondary N) is 2. The summed E-state index contributed by atoms with van der Waals surface area (Å²) in [5, 5.41) is 5.79. The van der Waals surface area contributed by atoms with Crippen molar-refractivity contribution in [3.63, 3.8) is 0 Å². The Bertz CT molecular complexity index is 795. The smallest absolute Gasteiger partial charge is 0.322 e. The van der Waals surface area contributed by atoms with Crippen LogP contribution in [0.15, 0.2) is 48.7 Å². The Morgan fingerprint density at radius 1 is 1.16 bits per heavy atom. The zero-order chi connectivity index (χ0) is 17.2. The minimum absolute atomic E-state index is 0.0383. The molecule has 0 radical (unpaired) electrons. The minimum Gasteiger partial charge on any atom is -0.336 e. The molecule has 0 bridgehead atoms. The molecule has 4 amide bonds. The van der Waals surface area contributed by atoms with Crippen molar-refractivity contribution >= 4 is 17.7 Å². The molecule has 1 atom stereocenters. The number of benzene rings is 1. The van der Waals surface area contributed by atoms with E-state index in [1.807, 2.05) is 36.4 Å². The van der Waals surface area contributed by atoms with Gasteiger partial charge in [0.05, 0.1) is 17.4 Å². The summed E-state index contributed by atoms with van der Waals surface area (Å²) in [6.45, 7) is 2.20. The van der Waals surface area contributed by atoms with Crippen molar-refractivity contribution in [2.45, 2.75) is 6.04 Å². The van der Waals surface area contributed by atoms with Crippen molar-refractivity contribution in [2.24, 2.45) is 0 Å². The summed E-state index contributed by atoms with van der Waals surface area (Å²) in [6, 6.07) is 13.3. The molecule has 1 unspecified atom stereocenters. The van der Waals surface area contributed by atoms with Crippen molar-refractivity contribution in [1.29, 1.82) is 0 Å². The van der Waals surface area contributed by atoms with Gasteiger partial charge >= 0.3 is 12.1 Å². The molecule has 2 fully saturated rings. The van der Waals surface area contributed by atoms with Gasteiger partial charge in [0.15, 0.2) is 0 Å². The van der Waals surface area contributed by atoms with Crippen LogP contribution in [0, 0.1) is 0 Å². The average Bonchev–Trinajstić information content (AvgIpc) is 3.03. The molecule has 2 aliphatic rings. The number of anilines is 1. The predicted molar refractivity (Wildman–Crippen MR) is 94.2 cm³/mol. The Labute approximate surface area is 145 Å². The van der Waals surface area contributed by atoms with Crippen LogP contribution in [0.25, 0.3) is 11.3 Å². The summed E-state index contributed by atoms with van der Waals surface area (Å²) in [5.74, 6) is 0. The van der Waals surface area contributed by atoms with Gasteiger partial charge in [0.1, 0.15) is 0 Å². The van der Waals surface area contributed by atoms with Gasteiger partial charge in [0, 0.05) is 37.9 Å². The lowest BCUT2D eigenvalue weighted by Crippen LogP contribution is -2.54. The van der Waals surface area contributed by atoms with E-state index in [1.165, 1.54) is 0 Å². The average molecular weight is 337 g/mol. The SMILES string of the molecule is O=C(Nc1cccnc1-c1ccccc1)N1CCN2C(=O)NCC2C1. The molecule has 0 aliphatic carbocycles. The minimum atomic E-state index is -0.163. The van der Waals surface area contributed by atoms with Gasteiger partial charge in [-0.05, 0) is 12.1 Å². The van der Waals surface area contributed by atoms with E-state index in [4.69, 9.17) is 0 Å². The quantitative estimate of drug-likeness (QED) is 0.880. The number of carbonyl (C=O) groups is 2. The summed E-state index contributed by atoms with van der Waals surface area (Å²) < 4.78 is 0. The second kappa shape index (κ2) is 6.43. The maximum atomic E-state index is 12.7. The molecular weight excluding hydrogens is 318 g/mol. The molecule has 2 aliphatic heterocycles. The van der Waals surface area contributed by atoms with Gasteiger partial charge in [-0.1, -0.05) is 30.3 Å². The van der Waals surface area contributed by atoms with Crippen LogP contribution >= 0.6 is 0 Å². The summed E-state index contributed by atoms with van der Waals surface area (Å²) in [7, 11) is 0. The third-order valence-corrected chi connectivity index (χ3v) is 4.62. The molecule has 7 heteroatoms. The first-order chi connectivity index (χ1) is 12.2. The normalized spacial score (nSPS) is 19.4. The first-order valence-electron chi connectivity index (χ1n) is 8.33. The highest BCUT2D eigenvalue weighted by Crippen LogP contribution is 2.25. The van der Waals surface area contributed by atoms with Crippen molar-refractivity contribution < 1.29 is 9.59 Å². The Morgan fingerprint density at radius 2 is 2.00 bits per heavy atom. The molecule has 3 heterocycles. The van der Waals surface area contributed by atoms with Gasteiger partial charge in [0.25, 0.3) is 0 Å². The maximum absolute atomic E-state index is 12.7. The summed E-state index contributed by atoms with van der Waals surface area (Å²) in [4.78, 5) is 32.3. The van der Waals surface area contributed by atoms with E-state index in [0.29, 0.717) is 31.9 Å². The number of hydrogen-bond donors (Lipinski definition) is 2. The molecule has 4 rings (SSSR count). The number of amides is 4. The fraction of sp³-hybridized carbons (Fsp3) is 0.278. The zero-order valence-corrected chi connectivity index (χ0v) is 13.7. The number of piperazine rings is 1. The molecular formula is C18H19N5O2. The molecule has 128 valence electrons. The van der Waals surface area contributed by atoms with E-state index in [2.05, 4.69) is 15.6 Å². The number of pyridine rings is 1. The fourth-order valence-corrected chi connectivity index (χ4v) is 3.31. The van der Waals surface area contributed by atoms with E-state index in [9.17, 15) is 9.59 Å². The van der Waals surface area contributed by atoms with Crippen molar-refractivity contribution in [1.82, 2.24) is 20.1 Å². The van der Waals surface area contributed by atoms with E-state index in [1.54, 1.807) is 22.1 Å². The van der Waals surface area contributed by atoms with Crippen molar-refractivity contribution in [2.75, 3.05) is 31.5 Å². The Hall–Kier alpha value is -3.09. The van der Waals surface area contributed by atoms with Gasteiger partial charge in [-0.2, -0.15) is 0 Å². The number of carbonyl (C=O) groups excluding carboxylic acids is 2. The Morgan fingerprint density at radius 3 is 2.84 bits per heavy atom. The van der Waals surface area contributed by atoms with E-state index < -0.39 is 0 Å². The first-order valence-corrected chi connectivity index (χ1v) is 8.33. The van der Waals surface area contributed by atoms with Crippen LogP contribution < -0.4 is 10.6 Å². The van der Waals surface area contributed by atoms with E-state index in [0.717, 1.165) is 11.3 Å². The summed E-state index contributed by atoms with van der Waals surface area (Å²) in [6.07, 6.45) is 1.71. The van der Waals surface area contributed by atoms with Gasteiger partial charge in [-0.3, -0.25) is 4.98 Å². The van der Waals surface area contributed by atoms with Crippen molar-refractivity contribution in [3.8, 4) is 11.3 Å². The number of aromatic nitrogens is 1. The van der Waals surface area contributed by atoms with E-state index in [-0.39, 0.29) is 18.1 Å². The molecule has 0 spiro atoms. The lowest BCUT2D eigenvalue weighted by molar-refractivity contribution is 0.136. The number of urea groups is 2. The van der Waals surface area contributed by atoms with Crippen LogP contribution in [0.5, 0.6) is 0 Å². The Kier molecular flexibility index (Phi) is 3.97. The molecule has 2 N–H and O–H groups in total. The largest absolute Gasteiger partial charge is 0.336 e. The van der Waals surface area contributed by atoms with Gasteiger partial charge in [-0.15, -0.1) is 0 Å². The lowest BCUT2D eigenvalue weighted by Gasteiger charge is -2.36. The third-order valence-electron chi connectivity index (χ3n) is 4.62. The standard InChI is InChI=1S/C18H19N5O2/c24-17-20-11-14-12-22(9-10-23(14)17)18(25)21-15-7-4-8-19-16(15)13-5-2-1-3-6-13/h1-8,14H,9-12H2,(H,20,24)(H,21,25). The van der Waals surface area contributed by atoms with Crippen molar-refractivity contribution in [3.05, 3.63) is 48.7 Å². The second-order valence-corrected chi connectivity index (χ2v) is 6.18. The van der Waals surface area contributed by atoms with Crippen LogP contribution in [0.4, 0.5) is 15.3 Å². The third kappa shape index (κ3) is 3.00. The van der Waals surface area contributed by atoms with Gasteiger partial charge in [-0.25, -0.2) is 9.59 Å². The van der Waals surface area contributed by atoms with Gasteiger partial charge in [0.2, 0.25) is 0 Å². The molecule has 7 nitrogen and oxygen atoms in total. The van der Waals surface area contributed by atoms with Crippen LogP contribution in [-0.4, -0.2) is 59.1 Å². The highest BCUT2D eigenvalue weighted by molar-refractivity contribution is 5.93. The molecule has 2 aromatic rings. The summed E-state index contributed by atoms with van der Waals surface area (Å²) in [5.41, 5.74) is 2.38. The zero-order valence-electron chi connectivity index (χ0n) is 13.7. The number of rotatable bonds is 2. The monoisotopic (exact) mass is 337 g/mol. The topological polar surface area (TPSA) is 77.6 Å². The van der Waals surface area contributed by atoms with Crippen LogP contribution in [-0.2, 0) is 0 Å².